The summed E-state index contributed by atoms with van der Waals surface area (Å²) in [6.07, 6.45) is 0.138. The lowest BCUT2D eigenvalue weighted by molar-refractivity contribution is 0.174. The average molecular weight is 228 g/mol. The lowest BCUT2D eigenvalue weighted by Gasteiger charge is -2.13. The first kappa shape index (κ1) is 10.8. The van der Waals surface area contributed by atoms with Gasteiger partial charge in [-0.15, -0.1) is 0 Å². The molecule has 1 aliphatic heterocycles. The molecule has 0 aromatic heterocycles. The number of fused-ring (bicyclic) bond motifs is 1. The highest BCUT2D eigenvalue weighted by Gasteiger charge is 2.21. The van der Waals surface area contributed by atoms with Crippen molar-refractivity contribution in [2.24, 2.45) is 0 Å². The van der Waals surface area contributed by atoms with Crippen molar-refractivity contribution < 1.29 is 14.2 Å². The Morgan fingerprint density at radius 1 is 1.53 bits per heavy atom. The minimum absolute atomic E-state index is 0.253. The van der Waals surface area contributed by atoms with Crippen LogP contribution in [0.3, 0.4) is 0 Å². The van der Waals surface area contributed by atoms with Crippen LogP contribution in [0.4, 0.5) is 4.39 Å². The van der Waals surface area contributed by atoms with E-state index in [0.29, 0.717) is 23.3 Å². The number of rotatable bonds is 1. The second-order valence-electron chi connectivity index (χ2n) is 3.51. The molecule has 0 saturated carbocycles. The molecule has 1 unspecified atom stereocenters. The molecule has 1 aliphatic rings. The van der Waals surface area contributed by atoms with E-state index in [-0.39, 0.29) is 11.6 Å². The van der Waals surface area contributed by atoms with Crippen LogP contribution in [0.5, 0.6) is 5.75 Å². The van der Waals surface area contributed by atoms with E-state index in [1.54, 1.807) is 23.9 Å². The van der Waals surface area contributed by atoms with Gasteiger partial charge in [0, 0.05) is 11.3 Å². The molecule has 15 heavy (non-hydrogen) atoms. The first-order valence-electron chi connectivity index (χ1n) is 4.85. The average Bonchev–Trinajstić information content (AvgIpc) is 2.42. The summed E-state index contributed by atoms with van der Waals surface area (Å²) in [5.41, 5.74) is 1.29. The van der Waals surface area contributed by atoms with Gasteiger partial charge in [-0.25, -0.2) is 4.39 Å². The van der Waals surface area contributed by atoms with Crippen molar-refractivity contribution in [1.29, 1.82) is 0 Å². The van der Waals surface area contributed by atoms with Gasteiger partial charge in [0.25, 0.3) is 0 Å². The predicted octanol–water partition coefficient (Wildman–Crippen LogP) is 2.50. The standard InChI is InChI=1S/C11H13FO2S/c1-14-10-3-2-7-8(11(10)12)6-15-5-4-9(7)13/h2-3,9,13H,4-6H2,1H3. The van der Waals surface area contributed by atoms with E-state index < -0.39 is 6.10 Å². The Balaban J connectivity index is 2.50. The zero-order valence-electron chi connectivity index (χ0n) is 8.50. The van der Waals surface area contributed by atoms with Gasteiger partial charge < -0.3 is 9.84 Å². The fourth-order valence-electron chi connectivity index (χ4n) is 1.76. The molecule has 4 heteroatoms. The zero-order chi connectivity index (χ0) is 10.8. The van der Waals surface area contributed by atoms with Gasteiger partial charge in [-0.2, -0.15) is 11.8 Å². The van der Waals surface area contributed by atoms with Crippen LogP contribution in [-0.4, -0.2) is 18.0 Å². The fraction of sp³-hybridized carbons (Fsp3) is 0.455. The number of halogens is 1. The van der Waals surface area contributed by atoms with Gasteiger partial charge in [-0.3, -0.25) is 0 Å². The molecular formula is C11H13FO2S. The maximum atomic E-state index is 13.9. The highest BCUT2D eigenvalue weighted by atomic mass is 32.2. The van der Waals surface area contributed by atoms with Crippen molar-refractivity contribution in [3.8, 4) is 5.75 Å². The summed E-state index contributed by atoms with van der Waals surface area (Å²) in [5.74, 6) is 1.39. The van der Waals surface area contributed by atoms with Gasteiger partial charge in [-0.05, 0) is 23.8 Å². The van der Waals surface area contributed by atoms with Crippen molar-refractivity contribution in [2.45, 2.75) is 18.3 Å². The molecule has 1 N–H and O–H groups in total. The monoisotopic (exact) mass is 228 g/mol. The van der Waals surface area contributed by atoms with E-state index in [0.717, 1.165) is 5.75 Å². The highest BCUT2D eigenvalue weighted by molar-refractivity contribution is 7.98. The molecule has 0 saturated heterocycles. The minimum Gasteiger partial charge on any atom is -0.494 e. The second-order valence-corrected chi connectivity index (χ2v) is 4.61. The van der Waals surface area contributed by atoms with Crippen LogP contribution in [0.25, 0.3) is 0 Å². The summed E-state index contributed by atoms with van der Waals surface area (Å²) >= 11 is 1.64. The van der Waals surface area contributed by atoms with E-state index >= 15 is 0 Å². The van der Waals surface area contributed by atoms with E-state index in [9.17, 15) is 9.50 Å². The molecule has 2 nitrogen and oxygen atoms in total. The molecule has 82 valence electrons. The number of methoxy groups -OCH3 is 1. The van der Waals surface area contributed by atoms with Crippen LogP contribution in [0.15, 0.2) is 12.1 Å². The topological polar surface area (TPSA) is 29.5 Å². The van der Waals surface area contributed by atoms with E-state index in [1.807, 2.05) is 0 Å². The SMILES string of the molecule is COc1ccc2c(c1F)CSCCC2O. The van der Waals surface area contributed by atoms with Crippen molar-refractivity contribution in [1.82, 2.24) is 0 Å². The lowest BCUT2D eigenvalue weighted by atomic mass is 10.0. The fourth-order valence-corrected chi connectivity index (χ4v) is 2.79. The Labute approximate surface area is 92.4 Å². The number of aliphatic hydroxyl groups is 1. The third kappa shape index (κ3) is 1.96. The van der Waals surface area contributed by atoms with Gasteiger partial charge in [0.05, 0.1) is 13.2 Å². The molecule has 0 fully saturated rings. The summed E-state index contributed by atoms with van der Waals surface area (Å²) in [6, 6.07) is 3.33. The van der Waals surface area contributed by atoms with Gasteiger partial charge in [0.2, 0.25) is 0 Å². The first-order valence-corrected chi connectivity index (χ1v) is 6.00. The molecule has 2 rings (SSSR count). The third-order valence-corrected chi connectivity index (χ3v) is 3.62. The Kier molecular flexibility index (Phi) is 3.17. The van der Waals surface area contributed by atoms with Gasteiger partial charge >= 0.3 is 0 Å². The van der Waals surface area contributed by atoms with Crippen LogP contribution < -0.4 is 4.74 Å². The maximum Gasteiger partial charge on any atom is 0.169 e. The molecule has 1 aromatic rings. The maximum absolute atomic E-state index is 13.9. The quantitative estimate of drug-likeness (QED) is 0.800. The molecule has 0 aliphatic carbocycles. The largest absolute Gasteiger partial charge is 0.494 e. The van der Waals surface area contributed by atoms with Crippen LogP contribution in [-0.2, 0) is 5.75 Å². The number of hydrogen-bond donors (Lipinski definition) is 1. The van der Waals surface area contributed by atoms with Crippen LogP contribution >= 0.6 is 11.8 Å². The lowest BCUT2D eigenvalue weighted by Crippen LogP contribution is -2.03. The van der Waals surface area contributed by atoms with Gasteiger partial charge in [0.15, 0.2) is 11.6 Å². The Hall–Kier alpha value is -0.740. The molecule has 0 spiro atoms. The van der Waals surface area contributed by atoms with Crippen molar-refractivity contribution in [3.05, 3.63) is 29.1 Å². The molecule has 1 aromatic carbocycles. The highest BCUT2D eigenvalue weighted by Crippen LogP contribution is 2.35. The summed E-state index contributed by atoms with van der Waals surface area (Å²) in [7, 11) is 1.45. The molecule has 1 atom stereocenters. The zero-order valence-corrected chi connectivity index (χ0v) is 9.31. The summed E-state index contributed by atoms with van der Waals surface area (Å²) < 4.78 is 18.8. The van der Waals surface area contributed by atoms with Crippen LogP contribution in [0.2, 0.25) is 0 Å². The van der Waals surface area contributed by atoms with E-state index in [2.05, 4.69) is 0 Å². The smallest absolute Gasteiger partial charge is 0.169 e. The number of thioether (sulfide) groups is 1. The van der Waals surface area contributed by atoms with Gasteiger partial charge in [0.1, 0.15) is 0 Å². The number of benzene rings is 1. The molecule has 1 heterocycles. The Morgan fingerprint density at radius 2 is 2.33 bits per heavy atom. The van der Waals surface area contributed by atoms with Crippen LogP contribution in [0, 0.1) is 5.82 Å². The molecule has 0 amide bonds. The van der Waals surface area contributed by atoms with Crippen LogP contribution in [0.1, 0.15) is 23.7 Å². The summed E-state index contributed by atoms with van der Waals surface area (Å²) in [4.78, 5) is 0. The number of hydrogen-bond acceptors (Lipinski definition) is 3. The third-order valence-electron chi connectivity index (χ3n) is 2.60. The summed E-state index contributed by atoms with van der Waals surface area (Å²) in [5, 5.41) is 9.81. The molecular weight excluding hydrogens is 215 g/mol. The number of aliphatic hydroxyl groups excluding tert-OH is 1. The van der Waals surface area contributed by atoms with Crippen molar-refractivity contribution >= 4 is 11.8 Å². The van der Waals surface area contributed by atoms with E-state index in [4.69, 9.17) is 4.74 Å². The second kappa shape index (κ2) is 4.41. The van der Waals surface area contributed by atoms with Crippen molar-refractivity contribution in [2.75, 3.05) is 12.9 Å². The van der Waals surface area contributed by atoms with Crippen molar-refractivity contribution in [3.63, 3.8) is 0 Å². The summed E-state index contributed by atoms with van der Waals surface area (Å²) in [6.45, 7) is 0. The van der Waals surface area contributed by atoms with E-state index in [1.165, 1.54) is 7.11 Å². The Morgan fingerprint density at radius 3 is 3.07 bits per heavy atom. The molecule has 0 bridgehead atoms. The normalized spacial score (nSPS) is 20.6. The minimum atomic E-state index is -0.546. The predicted molar refractivity (Wildman–Crippen MR) is 58.7 cm³/mol. The first-order chi connectivity index (χ1) is 7.24. The Bertz CT molecular complexity index is 368. The molecule has 0 radical (unpaired) electrons. The van der Waals surface area contributed by atoms with Gasteiger partial charge in [-0.1, -0.05) is 6.07 Å². The number of ether oxygens (including phenoxy) is 1.